The zero-order chi connectivity index (χ0) is 19.8. The van der Waals surface area contributed by atoms with Crippen molar-refractivity contribution < 1.29 is 9.59 Å². The average Bonchev–Trinajstić information content (AvgIpc) is 3.23. The van der Waals surface area contributed by atoms with Gasteiger partial charge in [0.25, 0.3) is 0 Å². The second kappa shape index (κ2) is 7.35. The summed E-state index contributed by atoms with van der Waals surface area (Å²) in [6.45, 7) is 2.86. The zero-order valence-corrected chi connectivity index (χ0v) is 16.3. The molecule has 3 aliphatic rings. The summed E-state index contributed by atoms with van der Waals surface area (Å²) < 4.78 is 1.74. The van der Waals surface area contributed by atoms with Crippen molar-refractivity contribution in [1.82, 2.24) is 19.6 Å². The van der Waals surface area contributed by atoms with Crippen molar-refractivity contribution in [3.8, 4) is 5.69 Å². The van der Waals surface area contributed by atoms with Gasteiger partial charge in [-0.15, -0.1) is 0 Å². The van der Waals surface area contributed by atoms with Gasteiger partial charge in [-0.3, -0.25) is 19.6 Å². The molecule has 0 aliphatic carbocycles. The maximum absolute atomic E-state index is 13.4. The molecule has 0 radical (unpaired) electrons. The molecule has 8 nitrogen and oxygen atoms in total. The van der Waals surface area contributed by atoms with Crippen LogP contribution >= 0.6 is 0 Å². The molecule has 0 saturated carbocycles. The molecule has 4 heterocycles. The molecule has 8 heteroatoms. The van der Waals surface area contributed by atoms with Crippen LogP contribution in [0.15, 0.2) is 41.5 Å². The maximum atomic E-state index is 13.4. The molecule has 3 amide bonds. The molecule has 0 N–H and O–H groups in total. The molecule has 0 unspecified atom stereocenters. The van der Waals surface area contributed by atoms with Crippen LogP contribution in [-0.4, -0.2) is 70.1 Å². The summed E-state index contributed by atoms with van der Waals surface area (Å²) in [6.07, 6.45) is 5.78. The van der Waals surface area contributed by atoms with Crippen molar-refractivity contribution >= 4 is 23.6 Å². The Bertz CT molecular complexity index is 961. The third-order valence-electron chi connectivity index (χ3n) is 5.76. The van der Waals surface area contributed by atoms with Gasteiger partial charge in [-0.25, -0.2) is 9.48 Å². The highest BCUT2D eigenvalue weighted by Crippen LogP contribution is 2.32. The molecule has 3 aliphatic heterocycles. The van der Waals surface area contributed by atoms with Gasteiger partial charge >= 0.3 is 6.03 Å². The molecule has 2 aromatic rings. The zero-order valence-electron chi connectivity index (χ0n) is 16.3. The quantitative estimate of drug-likeness (QED) is 0.804. The van der Waals surface area contributed by atoms with Gasteiger partial charge in [0.15, 0.2) is 5.82 Å². The number of rotatable bonds is 3. The smallest absolute Gasteiger partial charge is 0.331 e. The van der Waals surface area contributed by atoms with Gasteiger partial charge < -0.3 is 4.90 Å². The molecule has 1 aromatic carbocycles. The van der Waals surface area contributed by atoms with Crippen molar-refractivity contribution in [3.63, 3.8) is 0 Å². The van der Waals surface area contributed by atoms with Crippen molar-refractivity contribution in [2.45, 2.75) is 25.7 Å². The lowest BCUT2D eigenvalue weighted by Gasteiger charge is -2.38. The molecule has 0 spiro atoms. The van der Waals surface area contributed by atoms with E-state index in [0.717, 1.165) is 50.0 Å². The summed E-state index contributed by atoms with van der Waals surface area (Å²) in [5.41, 5.74) is 1.65. The van der Waals surface area contributed by atoms with E-state index in [9.17, 15) is 9.59 Å². The number of para-hydroxylation sites is 1. The molecule has 0 bridgehead atoms. The predicted octanol–water partition coefficient (Wildman–Crippen LogP) is 2.28. The standard InChI is InChI=1S/C21H24N6O2/c28-18(24-11-5-2-6-12-24)15-26-20-17(19-22-10-7-13-25(19)21(26)29)14-23-27(20)16-8-3-1-4-9-16/h1,3-4,8-9,14H,2,5-7,10-13,15H2. The number of fused-ring (bicyclic) bond motifs is 3. The molecular formula is C21H24N6O2. The number of anilines is 1. The number of amidine groups is 1. The monoisotopic (exact) mass is 392 g/mol. The number of carbonyl (C=O) groups is 2. The van der Waals surface area contributed by atoms with E-state index in [1.54, 1.807) is 20.7 Å². The normalized spacial score (nSPS) is 19.0. The van der Waals surface area contributed by atoms with Crippen molar-refractivity contribution in [2.75, 3.05) is 37.6 Å². The number of aromatic nitrogens is 2. The third-order valence-corrected chi connectivity index (χ3v) is 5.76. The number of piperidine rings is 1. The van der Waals surface area contributed by atoms with Gasteiger partial charge in [-0.1, -0.05) is 18.2 Å². The molecule has 0 atom stereocenters. The molecule has 1 aromatic heterocycles. The Balaban J connectivity index is 1.56. The Hall–Kier alpha value is -3.16. The first-order chi connectivity index (χ1) is 14.2. The fraction of sp³-hybridized carbons (Fsp3) is 0.429. The van der Waals surface area contributed by atoms with Crippen LogP contribution in [0.2, 0.25) is 0 Å². The number of nitrogens with zero attached hydrogens (tertiary/aromatic N) is 6. The molecule has 1 fully saturated rings. The number of hydrogen-bond donors (Lipinski definition) is 0. The lowest BCUT2D eigenvalue weighted by Crippen LogP contribution is -2.56. The van der Waals surface area contributed by atoms with E-state index in [2.05, 4.69) is 10.1 Å². The molecular weight excluding hydrogens is 368 g/mol. The Kier molecular flexibility index (Phi) is 4.54. The van der Waals surface area contributed by atoms with E-state index in [-0.39, 0.29) is 18.5 Å². The van der Waals surface area contributed by atoms with Crippen LogP contribution in [0, 0.1) is 0 Å². The molecule has 29 heavy (non-hydrogen) atoms. The van der Waals surface area contributed by atoms with E-state index >= 15 is 0 Å². The van der Waals surface area contributed by atoms with Crippen molar-refractivity contribution in [3.05, 3.63) is 42.1 Å². The summed E-state index contributed by atoms with van der Waals surface area (Å²) in [5.74, 6) is 1.28. The van der Waals surface area contributed by atoms with Crippen LogP contribution in [0.1, 0.15) is 31.2 Å². The first kappa shape index (κ1) is 17.9. The van der Waals surface area contributed by atoms with Crippen LogP contribution in [0.4, 0.5) is 10.6 Å². The SMILES string of the molecule is O=C(CN1C(=O)N2CCCN=C2c2cnn(-c3ccccc3)c21)N1CCCCC1. The summed E-state index contributed by atoms with van der Waals surface area (Å²) in [5, 5.41) is 4.55. The van der Waals surface area contributed by atoms with Crippen molar-refractivity contribution in [2.24, 2.45) is 4.99 Å². The Labute approximate surface area is 169 Å². The Morgan fingerprint density at radius 2 is 1.79 bits per heavy atom. The van der Waals surface area contributed by atoms with Gasteiger partial charge in [-0.2, -0.15) is 5.10 Å². The lowest BCUT2D eigenvalue weighted by molar-refractivity contribution is -0.130. The highest BCUT2D eigenvalue weighted by atomic mass is 16.2. The summed E-state index contributed by atoms with van der Waals surface area (Å²) in [6, 6.07) is 9.49. The molecule has 150 valence electrons. The molecule has 1 saturated heterocycles. The van der Waals surface area contributed by atoms with Crippen LogP contribution < -0.4 is 4.90 Å². The highest BCUT2D eigenvalue weighted by Gasteiger charge is 2.40. The predicted molar refractivity (Wildman–Crippen MR) is 109 cm³/mol. The first-order valence-electron chi connectivity index (χ1n) is 10.3. The Morgan fingerprint density at radius 3 is 2.59 bits per heavy atom. The number of carbonyl (C=O) groups excluding carboxylic acids is 2. The average molecular weight is 392 g/mol. The maximum Gasteiger partial charge on any atom is 0.331 e. The van der Waals surface area contributed by atoms with Gasteiger partial charge in [0.2, 0.25) is 5.91 Å². The minimum absolute atomic E-state index is 0.0118. The van der Waals surface area contributed by atoms with E-state index in [1.165, 1.54) is 0 Å². The van der Waals surface area contributed by atoms with Crippen LogP contribution in [0.5, 0.6) is 0 Å². The van der Waals surface area contributed by atoms with E-state index in [4.69, 9.17) is 0 Å². The van der Waals surface area contributed by atoms with Crippen LogP contribution in [-0.2, 0) is 4.79 Å². The summed E-state index contributed by atoms with van der Waals surface area (Å²) >= 11 is 0. The van der Waals surface area contributed by atoms with E-state index in [0.29, 0.717) is 24.7 Å². The third kappa shape index (κ3) is 3.08. The summed E-state index contributed by atoms with van der Waals surface area (Å²) in [4.78, 5) is 36.1. The van der Waals surface area contributed by atoms with Crippen LogP contribution in [0.25, 0.3) is 5.69 Å². The minimum Gasteiger partial charge on any atom is -0.341 e. The Morgan fingerprint density at radius 1 is 1.00 bits per heavy atom. The number of hydrogen-bond acceptors (Lipinski definition) is 4. The van der Waals surface area contributed by atoms with Gasteiger partial charge in [0, 0.05) is 26.2 Å². The number of urea groups is 1. The van der Waals surface area contributed by atoms with Crippen molar-refractivity contribution in [1.29, 1.82) is 0 Å². The topological polar surface area (TPSA) is 74.0 Å². The second-order valence-corrected chi connectivity index (χ2v) is 7.65. The fourth-order valence-electron chi connectivity index (χ4n) is 4.30. The fourth-order valence-corrected chi connectivity index (χ4v) is 4.30. The van der Waals surface area contributed by atoms with Gasteiger partial charge in [0.1, 0.15) is 12.4 Å². The summed E-state index contributed by atoms with van der Waals surface area (Å²) in [7, 11) is 0. The van der Waals surface area contributed by atoms with Gasteiger partial charge in [-0.05, 0) is 37.8 Å². The number of benzene rings is 1. The largest absolute Gasteiger partial charge is 0.341 e. The lowest BCUT2D eigenvalue weighted by atomic mass is 10.1. The highest BCUT2D eigenvalue weighted by molar-refractivity contribution is 6.19. The first-order valence-corrected chi connectivity index (χ1v) is 10.3. The number of aliphatic imine (C=N–C) groups is 1. The van der Waals surface area contributed by atoms with E-state index in [1.807, 2.05) is 35.2 Å². The number of likely N-dealkylation sites (tertiary alicyclic amines) is 1. The second-order valence-electron chi connectivity index (χ2n) is 7.65. The minimum atomic E-state index is -0.195. The van der Waals surface area contributed by atoms with E-state index < -0.39 is 0 Å². The van der Waals surface area contributed by atoms with Crippen LogP contribution in [0.3, 0.4) is 0 Å². The van der Waals surface area contributed by atoms with Gasteiger partial charge in [0.05, 0.1) is 17.4 Å². The number of amides is 3. The molecule has 5 rings (SSSR count).